The van der Waals surface area contributed by atoms with Crippen LogP contribution in [0.5, 0.6) is 11.8 Å². The molecule has 1 aromatic carbocycles. The van der Waals surface area contributed by atoms with Crippen LogP contribution in [0.25, 0.3) is 0 Å². The van der Waals surface area contributed by atoms with Crippen LogP contribution in [0.4, 0.5) is 0 Å². The number of rotatable bonds is 3. The Hall–Kier alpha value is -0.550. The second kappa shape index (κ2) is 6.06. The van der Waals surface area contributed by atoms with Crippen molar-refractivity contribution in [2.24, 2.45) is 0 Å². The predicted octanol–water partition coefficient (Wildman–Crippen LogP) is 5.08. The second-order valence-corrected chi connectivity index (χ2v) is 5.24. The lowest BCUT2D eigenvalue weighted by Gasteiger charge is -2.07. The third-order valence-electron chi connectivity index (χ3n) is 2.01. The van der Waals surface area contributed by atoms with Crippen molar-refractivity contribution in [1.82, 2.24) is 9.97 Å². The van der Waals surface area contributed by atoms with Crippen LogP contribution in [0.3, 0.4) is 0 Å². The lowest BCUT2D eigenvalue weighted by Crippen LogP contribution is -1.93. The molecule has 18 heavy (non-hydrogen) atoms. The summed E-state index contributed by atoms with van der Waals surface area (Å²) in [6.07, 6.45) is 3.17. The van der Waals surface area contributed by atoms with E-state index in [9.17, 15) is 0 Å². The maximum atomic E-state index is 6.02. The van der Waals surface area contributed by atoms with Gasteiger partial charge < -0.3 is 4.74 Å². The summed E-state index contributed by atoms with van der Waals surface area (Å²) in [6.45, 7) is 0. The fraction of sp³-hybridized carbons (Fsp3) is 0.0909. The molecule has 0 N–H and O–H groups in total. The molecule has 0 fully saturated rings. The van der Waals surface area contributed by atoms with Gasteiger partial charge in [0.15, 0.2) is 5.75 Å². The molecule has 2 rings (SSSR count). The Morgan fingerprint density at radius 1 is 1.11 bits per heavy atom. The van der Waals surface area contributed by atoms with Crippen molar-refractivity contribution in [3.05, 3.63) is 44.6 Å². The minimum atomic E-state index is 0.184. The zero-order chi connectivity index (χ0) is 13.1. The summed E-state index contributed by atoms with van der Waals surface area (Å²) >= 11 is 20.9. The summed E-state index contributed by atoms with van der Waals surface area (Å²) in [6, 6.07) is 3.42. The van der Waals surface area contributed by atoms with Crippen LogP contribution in [0, 0.1) is 0 Å². The molecule has 0 amide bonds. The minimum absolute atomic E-state index is 0.184. The highest BCUT2D eigenvalue weighted by Gasteiger charge is 2.09. The highest BCUT2D eigenvalue weighted by molar-refractivity contribution is 9.10. The van der Waals surface area contributed by atoms with Gasteiger partial charge in [0.05, 0.1) is 15.9 Å². The summed E-state index contributed by atoms with van der Waals surface area (Å²) < 4.78 is 6.14. The molecule has 1 aromatic heterocycles. The molecule has 7 heteroatoms. The van der Waals surface area contributed by atoms with E-state index in [1.165, 1.54) is 0 Å². The Balaban J connectivity index is 2.25. The van der Waals surface area contributed by atoms with Crippen LogP contribution < -0.4 is 4.74 Å². The van der Waals surface area contributed by atoms with Gasteiger partial charge in [-0.25, -0.2) is 9.97 Å². The Morgan fingerprint density at radius 2 is 1.78 bits per heavy atom. The topological polar surface area (TPSA) is 35.0 Å². The Morgan fingerprint density at radius 3 is 2.39 bits per heavy atom. The van der Waals surface area contributed by atoms with Crippen molar-refractivity contribution in [2.75, 3.05) is 0 Å². The molecule has 0 aliphatic heterocycles. The Labute approximate surface area is 127 Å². The average Bonchev–Trinajstić information content (AvgIpc) is 2.37. The van der Waals surface area contributed by atoms with Gasteiger partial charge in [0.1, 0.15) is 0 Å². The molecule has 3 nitrogen and oxygen atoms in total. The number of hydrogen-bond acceptors (Lipinski definition) is 3. The first kappa shape index (κ1) is 13.9. The number of aromatic nitrogens is 2. The van der Waals surface area contributed by atoms with Gasteiger partial charge in [0, 0.05) is 28.5 Å². The number of nitrogens with zero attached hydrogens (tertiary/aromatic N) is 2. The molecule has 0 atom stereocenters. The van der Waals surface area contributed by atoms with Gasteiger partial charge in [0.2, 0.25) is 0 Å². The van der Waals surface area contributed by atoms with Gasteiger partial charge in [-0.05, 0) is 22.0 Å². The summed E-state index contributed by atoms with van der Waals surface area (Å²) in [7, 11) is 0. The molecular formula is C11H6BrCl3N2O. The largest absolute Gasteiger partial charge is 0.423 e. The molecule has 0 bridgehead atoms. The van der Waals surface area contributed by atoms with Crippen molar-refractivity contribution < 1.29 is 4.74 Å². The van der Waals surface area contributed by atoms with Crippen molar-refractivity contribution in [3.8, 4) is 11.8 Å². The lowest BCUT2D eigenvalue weighted by molar-refractivity contribution is 0.441. The van der Waals surface area contributed by atoms with Crippen LogP contribution in [-0.4, -0.2) is 9.97 Å². The first-order chi connectivity index (χ1) is 8.60. The van der Waals surface area contributed by atoms with Crippen molar-refractivity contribution in [1.29, 1.82) is 0 Å². The number of alkyl halides is 1. The van der Waals surface area contributed by atoms with Gasteiger partial charge in [-0.15, -0.1) is 11.6 Å². The van der Waals surface area contributed by atoms with E-state index < -0.39 is 0 Å². The smallest absolute Gasteiger partial charge is 0.321 e. The van der Waals surface area contributed by atoms with Crippen molar-refractivity contribution in [2.45, 2.75) is 5.88 Å². The highest BCUT2D eigenvalue weighted by Crippen LogP contribution is 2.35. The summed E-state index contributed by atoms with van der Waals surface area (Å²) in [4.78, 5) is 8.01. The zero-order valence-corrected chi connectivity index (χ0v) is 12.7. The quantitative estimate of drug-likeness (QED) is 0.560. The van der Waals surface area contributed by atoms with Crippen LogP contribution in [0.2, 0.25) is 10.0 Å². The SMILES string of the molecule is ClCc1cnc(Oc2cc(Cl)c(Br)cc2Cl)nc1. The van der Waals surface area contributed by atoms with E-state index in [-0.39, 0.29) is 6.01 Å². The molecule has 94 valence electrons. The molecule has 0 aliphatic rings. The molecule has 0 saturated carbocycles. The third-order valence-corrected chi connectivity index (χ3v) is 3.81. The molecule has 2 aromatic rings. The van der Waals surface area contributed by atoms with E-state index in [1.807, 2.05) is 0 Å². The number of ether oxygens (including phenoxy) is 1. The maximum absolute atomic E-state index is 6.02. The van der Waals surface area contributed by atoms with E-state index >= 15 is 0 Å². The van der Waals surface area contributed by atoms with E-state index in [4.69, 9.17) is 39.5 Å². The molecule has 0 radical (unpaired) electrons. The van der Waals surface area contributed by atoms with Crippen LogP contribution in [-0.2, 0) is 5.88 Å². The van der Waals surface area contributed by atoms with Gasteiger partial charge in [-0.3, -0.25) is 0 Å². The average molecular weight is 368 g/mol. The van der Waals surface area contributed by atoms with E-state index in [0.29, 0.717) is 26.1 Å². The normalized spacial score (nSPS) is 10.4. The third kappa shape index (κ3) is 3.26. The predicted molar refractivity (Wildman–Crippen MR) is 75.8 cm³/mol. The molecule has 0 aliphatic carbocycles. The molecular weight excluding hydrogens is 362 g/mol. The summed E-state index contributed by atoms with van der Waals surface area (Å²) in [5.74, 6) is 0.744. The van der Waals surface area contributed by atoms with Gasteiger partial charge in [-0.1, -0.05) is 23.2 Å². The Kier molecular flexibility index (Phi) is 4.67. The standard InChI is InChI=1S/C11H6BrCl3N2O/c12-7-1-9(15)10(2-8(7)14)18-11-16-4-6(3-13)5-17-11/h1-2,4-5H,3H2. The fourth-order valence-electron chi connectivity index (χ4n) is 1.15. The van der Waals surface area contributed by atoms with Gasteiger partial charge >= 0.3 is 6.01 Å². The minimum Gasteiger partial charge on any atom is -0.423 e. The first-order valence-electron chi connectivity index (χ1n) is 4.79. The van der Waals surface area contributed by atoms with Crippen molar-refractivity contribution >= 4 is 50.7 Å². The first-order valence-corrected chi connectivity index (χ1v) is 6.88. The highest BCUT2D eigenvalue weighted by atomic mass is 79.9. The van der Waals surface area contributed by atoms with Gasteiger partial charge in [0.25, 0.3) is 0 Å². The lowest BCUT2D eigenvalue weighted by atomic mass is 10.3. The van der Waals surface area contributed by atoms with Crippen LogP contribution in [0.1, 0.15) is 5.56 Å². The molecule has 0 spiro atoms. The molecule has 0 saturated heterocycles. The number of benzene rings is 1. The molecule has 0 unspecified atom stereocenters. The van der Waals surface area contributed by atoms with E-state index in [1.54, 1.807) is 24.5 Å². The van der Waals surface area contributed by atoms with Crippen LogP contribution in [0.15, 0.2) is 29.0 Å². The van der Waals surface area contributed by atoms with Crippen LogP contribution >= 0.6 is 50.7 Å². The van der Waals surface area contributed by atoms with Gasteiger partial charge in [-0.2, -0.15) is 0 Å². The number of halogens is 4. The van der Waals surface area contributed by atoms with Crippen molar-refractivity contribution in [3.63, 3.8) is 0 Å². The maximum Gasteiger partial charge on any atom is 0.321 e. The Bertz CT molecular complexity index is 563. The number of hydrogen-bond donors (Lipinski definition) is 0. The zero-order valence-electron chi connectivity index (χ0n) is 8.83. The monoisotopic (exact) mass is 366 g/mol. The van der Waals surface area contributed by atoms with E-state index in [0.717, 1.165) is 5.56 Å². The molecule has 1 heterocycles. The van der Waals surface area contributed by atoms with E-state index in [2.05, 4.69) is 25.9 Å². The fourth-order valence-corrected chi connectivity index (χ4v) is 2.11. The summed E-state index contributed by atoms with van der Waals surface area (Å²) in [5.41, 5.74) is 0.809. The summed E-state index contributed by atoms with van der Waals surface area (Å²) in [5, 5.41) is 0.906. The second-order valence-electron chi connectivity index (χ2n) is 3.31.